The topological polar surface area (TPSA) is 66.9 Å². The molecule has 4 rings (SSSR count). The molecule has 0 spiro atoms. The number of piperidine rings is 2. The molecule has 0 N–H and O–H groups in total. The average molecular weight is 659 g/mol. The predicted octanol–water partition coefficient (Wildman–Crippen LogP) is 6.14. The zero-order valence-electron chi connectivity index (χ0n) is 23.8. The molecule has 2 aliphatic rings. The summed E-state index contributed by atoms with van der Waals surface area (Å²) in [6.07, 6.45) is 6.98. The Morgan fingerprint density at radius 2 is 1.32 bits per heavy atom. The highest BCUT2D eigenvalue weighted by atomic mass is 127. The highest BCUT2D eigenvalue weighted by Gasteiger charge is 2.49. The van der Waals surface area contributed by atoms with Crippen LogP contribution in [0.3, 0.4) is 0 Å². The lowest BCUT2D eigenvalue weighted by atomic mass is 9.84. The fraction of sp³-hybridized carbons (Fsp3) is 0.424. The molecule has 2 fully saturated rings. The van der Waals surface area contributed by atoms with Gasteiger partial charge in [-0.1, -0.05) is 79.4 Å². The largest absolute Gasteiger partial charge is 0.460 e. The minimum atomic E-state index is -1.20. The van der Waals surface area contributed by atoms with Crippen molar-refractivity contribution in [3.8, 4) is 0 Å². The van der Waals surface area contributed by atoms with Gasteiger partial charge in [-0.2, -0.15) is 0 Å². The van der Waals surface area contributed by atoms with Crippen molar-refractivity contribution in [2.75, 3.05) is 19.7 Å². The molecule has 2 aromatic carbocycles. The van der Waals surface area contributed by atoms with Crippen molar-refractivity contribution < 1.29 is 19.1 Å². The SMILES string of the molecule is C=CCOC(=O)C1(C)C(=O)CCCN1Cc1ccccc1.C=CC[C@@]1(C)C(=O)CCCN1Cc1ccccc1.I. The minimum absolute atomic E-state index is 0. The normalized spacial score (nSPS) is 23.2. The molecule has 0 saturated carbocycles. The number of ketones is 2. The predicted molar refractivity (Wildman–Crippen MR) is 170 cm³/mol. The molecule has 0 radical (unpaired) electrons. The van der Waals surface area contributed by atoms with Gasteiger partial charge in [0.05, 0.1) is 5.54 Å². The standard InChI is InChI=1S/C17H21NO3.C16H21NO.HI/c1-3-12-21-16(20)17(2)15(19)10-7-11-18(17)13-14-8-5-4-6-9-14;1-3-11-16(2)15(18)10-7-12-17(16)13-14-8-5-4-6-9-14;/h3-6,8-9H,1,7,10-13H2,2H3;3-6,8-9H,1,7,10-13H2,2H3;1H/t;16-;/m.0./s1. The van der Waals surface area contributed by atoms with Crippen LogP contribution in [0.5, 0.6) is 0 Å². The summed E-state index contributed by atoms with van der Waals surface area (Å²) in [5.74, 6) is -0.202. The van der Waals surface area contributed by atoms with Crippen molar-refractivity contribution in [3.05, 3.63) is 97.1 Å². The monoisotopic (exact) mass is 658 g/mol. The molecule has 2 aliphatic heterocycles. The van der Waals surface area contributed by atoms with Crippen LogP contribution in [-0.2, 0) is 32.2 Å². The maximum Gasteiger partial charge on any atom is 0.334 e. The number of carbonyl (C=O) groups is 3. The minimum Gasteiger partial charge on any atom is -0.460 e. The van der Waals surface area contributed by atoms with E-state index >= 15 is 0 Å². The number of rotatable bonds is 9. The molecule has 2 aromatic rings. The third-order valence-corrected chi connectivity index (χ3v) is 7.84. The van der Waals surface area contributed by atoms with Crippen LogP contribution in [0.25, 0.3) is 0 Å². The molecule has 2 atom stereocenters. The molecular weight excluding hydrogens is 615 g/mol. The Morgan fingerprint density at radius 1 is 0.825 bits per heavy atom. The number of hydrogen-bond donors (Lipinski definition) is 0. The van der Waals surface area contributed by atoms with E-state index in [9.17, 15) is 14.4 Å². The van der Waals surface area contributed by atoms with E-state index in [0.717, 1.165) is 37.9 Å². The van der Waals surface area contributed by atoms with Crippen molar-refractivity contribution in [1.82, 2.24) is 9.80 Å². The van der Waals surface area contributed by atoms with Crippen molar-refractivity contribution >= 4 is 41.5 Å². The van der Waals surface area contributed by atoms with Gasteiger partial charge in [0, 0.05) is 32.5 Å². The summed E-state index contributed by atoms with van der Waals surface area (Å²) in [4.78, 5) is 41.1. The Labute approximate surface area is 256 Å². The van der Waals surface area contributed by atoms with E-state index in [0.29, 0.717) is 31.7 Å². The number of hydrogen-bond acceptors (Lipinski definition) is 6. The molecule has 7 heteroatoms. The van der Waals surface area contributed by atoms with Crippen LogP contribution in [0.1, 0.15) is 57.1 Å². The third kappa shape index (κ3) is 8.21. The Hall–Kier alpha value is -2.62. The van der Waals surface area contributed by atoms with Gasteiger partial charge in [0.25, 0.3) is 0 Å². The van der Waals surface area contributed by atoms with Crippen LogP contribution in [0.15, 0.2) is 86.0 Å². The summed E-state index contributed by atoms with van der Waals surface area (Å²) in [6.45, 7) is 14.3. The maximum atomic E-state index is 12.4. The summed E-state index contributed by atoms with van der Waals surface area (Å²) in [5, 5.41) is 0. The van der Waals surface area contributed by atoms with Crippen LogP contribution in [-0.4, -0.2) is 58.1 Å². The van der Waals surface area contributed by atoms with E-state index in [1.54, 1.807) is 6.92 Å². The number of nitrogens with zero attached hydrogens (tertiary/aromatic N) is 2. The number of carbonyl (C=O) groups excluding carboxylic acids is 3. The van der Waals surface area contributed by atoms with Crippen molar-refractivity contribution in [1.29, 1.82) is 0 Å². The molecule has 0 amide bonds. The van der Waals surface area contributed by atoms with Crippen molar-refractivity contribution in [2.24, 2.45) is 0 Å². The van der Waals surface area contributed by atoms with Crippen LogP contribution in [0.2, 0.25) is 0 Å². The smallest absolute Gasteiger partial charge is 0.334 e. The highest BCUT2D eigenvalue weighted by molar-refractivity contribution is 14.0. The molecule has 0 bridgehead atoms. The van der Waals surface area contributed by atoms with E-state index in [1.807, 2.05) is 59.5 Å². The number of halogens is 1. The molecule has 2 saturated heterocycles. The number of likely N-dealkylation sites (tertiary alicyclic amines) is 2. The lowest BCUT2D eigenvalue weighted by Gasteiger charge is -2.43. The number of esters is 1. The summed E-state index contributed by atoms with van der Waals surface area (Å²) < 4.78 is 5.15. The van der Waals surface area contributed by atoms with Crippen LogP contribution >= 0.6 is 24.0 Å². The molecule has 1 unspecified atom stereocenters. The van der Waals surface area contributed by atoms with Crippen LogP contribution < -0.4 is 0 Å². The zero-order valence-corrected chi connectivity index (χ0v) is 26.2. The van der Waals surface area contributed by atoms with Crippen molar-refractivity contribution in [3.63, 3.8) is 0 Å². The molecule has 0 aliphatic carbocycles. The Balaban J connectivity index is 0.000000276. The first-order valence-electron chi connectivity index (χ1n) is 13.8. The highest BCUT2D eigenvalue weighted by Crippen LogP contribution is 2.30. The van der Waals surface area contributed by atoms with E-state index in [-0.39, 0.29) is 41.9 Å². The van der Waals surface area contributed by atoms with Gasteiger partial charge in [-0.25, -0.2) is 4.79 Å². The fourth-order valence-corrected chi connectivity index (χ4v) is 5.34. The number of benzene rings is 2. The number of ether oxygens (including phenoxy) is 1. The van der Waals surface area contributed by atoms with E-state index in [4.69, 9.17) is 4.74 Å². The summed E-state index contributed by atoms with van der Waals surface area (Å²) in [7, 11) is 0. The van der Waals surface area contributed by atoms with Gasteiger partial charge in [-0.05, 0) is 50.8 Å². The van der Waals surface area contributed by atoms with Crippen LogP contribution in [0, 0.1) is 0 Å². The molecule has 40 heavy (non-hydrogen) atoms. The van der Waals surface area contributed by atoms with Gasteiger partial charge in [-0.15, -0.1) is 30.6 Å². The molecule has 0 aromatic heterocycles. The van der Waals surface area contributed by atoms with Gasteiger partial charge in [0.15, 0.2) is 17.1 Å². The lowest BCUT2D eigenvalue weighted by Crippen LogP contribution is -2.61. The van der Waals surface area contributed by atoms with E-state index < -0.39 is 11.5 Å². The average Bonchev–Trinajstić information content (AvgIpc) is 2.94. The Morgan fingerprint density at radius 3 is 1.85 bits per heavy atom. The van der Waals surface area contributed by atoms with Gasteiger partial charge >= 0.3 is 5.97 Å². The van der Waals surface area contributed by atoms with Crippen molar-refractivity contribution in [2.45, 2.75) is 70.1 Å². The summed E-state index contributed by atoms with van der Waals surface area (Å²) in [6, 6.07) is 20.2. The molecule has 216 valence electrons. The first kappa shape index (κ1) is 33.6. The first-order chi connectivity index (χ1) is 18.8. The van der Waals surface area contributed by atoms with Crippen LogP contribution in [0.4, 0.5) is 0 Å². The third-order valence-electron chi connectivity index (χ3n) is 7.84. The second kappa shape index (κ2) is 16.0. The molecule has 6 nitrogen and oxygen atoms in total. The van der Waals surface area contributed by atoms with E-state index in [2.05, 4.69) is 37.1 Å². The molecular formula is C33H43IN2O4. The van der Waals surface area contributed by atoms with Gasteiger partial charge in [0.2, 0.25) is 0 Å². The zero-order chi connectivity index (χ0) is 28.3. The fourth-order valence-electron chi connectivity index (χ4n) is 5.34. The van der Waals surface area contributed by atoms with Gasteiger partial charge < -0.3 is 4.74 Å². The first-order valence-corrected chi connectivity index (χ1v) is 13.8. The Kier molecular flexibility index (Phi) is 13.4. The summed E-state index contributed by atoms with van der Waals surface area (Å²) in [5.41, 5.74) is 0.782. The Bertz CT molecular complexity index is 1140. The molecule has 2 heterocycles. The van der Waals surface area contributed by atoms with Gasteiger partial charge in [0.1, 0.15) is 6.61 Å². The second-order valence-electron chi connectivity index (χ2n) is 10.6. The number of Topliss-reactive ketones (excluding diaryl/α,β-unsaturated/α-hetero) is 2. The lowest BCUT2D eigenvalue weighted by molar-refractivity contribution is -0.164. The maximum absolute atomic E-state index is 12.4. The second-order valence-corrected chi connectivity index (χ2v) is 10.6. The van der Waals surface area contributed by atoms with Gasteiger partial charge in [-0.3, -0.25) is 19.4 Å². The van der Waals surface area contributed by atoms with E-state index in [1.165, 1.54) is 11.6 Å². The quantitative estimate of drug-likeness (QED) is 0.140. The summed E-state index contributed by atoms with van der Waals surface area (Å²) >= 11 is 0.